The molecular formula is C24H35IN2O7. The van der Waals surface area contributed by atoms with Gasteiger partial charge in [-0.3, -0.25) is 9.59 Å². The van der Waals surface area contributed by atoms with Gasteiger partial charge in [-0.05, 0) is 88.3 Å². The van der Waals surface area contributed by atoms with Crippen molar-refractivity contribution in [3.8, 4) is 0 Å². The molecule has 0 aliphatic heterocycles. The number of halogens is 1. The molecule has 0 aromatic heterocycles. The molecule has 0 aliphatic rings. The van der Waals surface area contributed by atoms with Gasteiger partial charge in [0.15, 0.2) is 0 Å². The summed E-state index contributed by atoms with van der Waals surface area (Å²) in [4.78, 5) is 49.6. The molecule has 0 heterocycles. The molecule has 0 radical (unpaired) electrons. The van der Waals surface area contributed by atoms with E-state index in [-0.39, 0.29) is 19.3 Å². The second-order valence-electron chi connectivity index (χ2n) is 9.72. The Hall–Kier alpha value is -2.37. The number of rotatable bonds is 9. The normalized spacial score (nSPS) is 13.3. The highest BCUT2D eigenvalue weighted by molar-refractivity contribution is 14.1. The fourth-order valence-corrected chi connectivity index (χ4v) is 3.43. The van der Waals surface area contributed by atoms with Crippen molar-refractivity contribution in [2.24, 2.45) is 0 Å². The minimum Gasteiger partial charge on any atom is -0.469 e. The van der Waals surface area contributed by atoms with Gasteiger partial charge < -0.3 is 24.8 Å². The van der Waals surface area contributed by atoms with Crippen molar-refractivity contribution in [2.45, 2.75) is 84.1 Å². The molecule has 34 heavy (non-hydrogen) atoms. The molecule has 10 heteroatoms. The third kappa shape index (κ3) is 12.2. The third-order valence-electron chi connectivity index (χ3n) is 4.21. The van der Waals surface area contributed by atoms with Gasteiger partial charge in [0, 0.05) is 9.99 Å². The smallest absolute Gasteiger partial charge is 0.329 e. The van der Waals surface area contributed by atoms with Crippen LogP contribution in [0.2, 0.25) is 0 Å². The highest BCUT2D eigenvalue weighted by atomic mass is 127. The van der Waals surface area contributed by atoms with Crippen LogP contribution < -0.4 is 10.6 Å². The Morgan fingerprint density at radius 2 is 1.56 bits per heavy atom. The lowest BCUT2D eigenvalue weighted by Crippen LogP contribution is -2.49. The van der Waals surface area contributed by atoms with Crippen molar-refractivity contribution in [1.29, 1.82) is 0 Å². The lowest BCUT2D eigenvalue weighted by atomic mass is 10.0. The summed E-state index contributed by atoms with van der Waals surface area (Å²) >= 11 is 2.13. The molecule has 0 aliphatic carbocycles. The Labute approximate surface area is 214 Å². The number of amides is 2. The van der Waals surface area contributed by atoms with Crippen molar-refractivity contribution in [3.05, 3.63) is 33.4 Å². The number of ether oxygens (including phenoxy) is 3. The van der Waals surface area contributed by atoms with Crippen molar-refractivity contribution < 1.29 is 33.4 Å². The van der Waals surface area contributed by atoms with Gasteiger partial charge >= 0.3 is 23.9 Å². The first-order chi connectivity index (χ1) is 15.6. The minimum atomic E-state index is -1.10. The van der Waals surface area contributed by atoms with Gasteiger partial charge in [-0.2, -0.15) is 0 Å². The van der Waals surface area contributed by atoms with Crippen LogP contribution in [-0.4, -0.2) is 48.3 Å². The topological polar surface area (TPSA) is 120 Å². The SMILES string of the molecule is COC(=O)CC(NC(=O)NC(CCC(=O)OC(C)(C)C)C(=O)OC(C)(C)C)c1cccc(I)c1. The summed E-state index contributed by atoms with van der Waals surface area (Å²) in [5, 5.41) is 5.30. The van der Waals surface area contributed by atoms with E-state index in [4.69, 9.17) is 14.2 Å². The molecule has 0 bridgehead atoms. The molecule has 2 atom stereocenters. The van der Waals surface area contributed by atoms with Crippen LogP contribution >= 0.6 is 22.6 Å². The summed E-state index contributed by atoms with van der Waals surface area (Å²) in [5.41, 5.74) is -0.749. The van der Waals surface area contributed by atoms with Crippen LogP contribution in [0.15, 0.2) is 24.3 Å². The number of nitrogens with one attached hydrogen (secondary N) is 2. The van der Waals surface area contributed by atoms with Crippen LogP contribution in [0.3, 0.4) is 0 Å². The zero-order valence-electron chi connectivity index (χ0n) is 20.8. The molecular weight excluding hydrogens is 555 g/mol. The van der Waals surface area contributed by atoms with Crippen molar-refractivity contribution in [3.63, 3.8) is 0 Å². The summed E-state index contributed by atoms with van der Waals surface area (Å²) in [6, 6.07) is 4.84. The zero-order chi connectivity index (χ0) is 26.1. The molecule has 0 saturated carbocycles. The fourth-order valence-electron chi connectivity index (χ4n) is 2.86. The van der Waals surface area contributed by atoms with E-state index in [0.29, 0.717) is 5.56 Å². The zero-order valence-corrected chi connectivity index (χ0v) is 23.0. The first-order valence-electron chi connectivity index (χ1n) is 10.9. The Morgan fingerprint density at radius 1 is 0.941 bits per heavy atom. The van der Waals surface area contributed by atoms with E-state index in [2.05, 4.69) is 33.2 Å². The molecule has 1 rings (SSSR count). The number of methoxy groups -OCH3 is 1. The second-order valence-corrected chi connectivity index (χ2v) is 11.0. The van der Waals surface area contributed by atoms with E-state index in [1.54, 1.807) is 47.6 Å². The van der Waals surface area contributed by atoms with E-state index in [0.717, 1.165) is 3.57 Å². The molecule has 2 unspecified atom stereocenters. The summed E-state index contributed by atoms with van der Waals surface area (Å²) in [6.45, 7) is 10.4. The number of carbonyl (C=O) groups excluding carboxylic acids is 4. The third-order valence-corrected chi connectivity index (χ3v) is 4.88. The van der Waals surface area contributed by atoms with Gasteiger partial charge in [-0.15, -0.1) is 0 Å². The lowest BCUT2D eigenvalue weighted by molar-refractivity contribution is -0.158. The highest BCUT2D eigenvalue weighted by Crippen LogP contribution is 2.20. The summed E-state index contributed by atoms with van der Waals surface area (Å²) in [6.07, 6.45) is -0.203. The van der Waals surface area contributed by atoms with Crippen LogP contribution in [0.4, 0.5) is 4.79 Å². The van der Waals surface area contributed by atoms with Crippen molar-refractivity contribution in [2.75, 3.05) is 7.11 Å². The predicted octanol–water partition coefficient (Wildman–Crippen LogP) is 4.03. The fraction of sp³-hybridized carbons (Fsp3) is 0.583. The minimum absolute atomic E-state index is 0.0118. The van der Waals surface area contributed by atoms with E-state index >= 15 is 0 Å². The van der Waals surface area contributed by atoms with Gasteiger partial charge in [0.1, 0.15) is 17.2 Å². The first-order valence-corrected chi connectivity index (χ1v) is 12.0. The quantitative estimate of drug-likeness (QED) is 0.253. The van der Waals surface area contributed by atoms with E-state index in [1.165, 1.54) is 7.11 Å². The summed E-state index contributed by atoms with van der Waals surface area (Å²) < 4.78 is 16.4. The molecule has 1 aromatic rings. The maximum atomic E-state index is 12.8. The second kappa shape index (κ2) is 12.9. The average molecular weight is 590 g/mol. The van der Waals surface area contributed by atoms with Crippen molar-refractivity contribution >= 4 is 46.5 Å². The van der Waals surface area contributed by atoms with Gasteiger partial charge in [-0.25, -0.2) is 9.59 Å². The lowest BCUT2D eigenvalue weighted by Gasteiger charge is -2.26. The van der Waals surface area contributed by atoms with Crippen molar-refractivity contribution in [1.82, 2.24) is 10.6 Å². The maximum absolute atomic E-state index is 12.8. The Balaban J connectivity index is 2.99. The number of carbonyl (C=O) groups is 4. The van der Waals surface area contributed by atoms with Gasteiger partial charge in [0.05, 0.1) is 19.6 Å². The van der Waals surface area contributed by atoms with Gasteiger partial charge in [-0.1, -0.05) is 12.1 Å². The number of esters is 3. The number of benzene rings is 1. The summed E-state index contributed by atoms with van der Waals surface area (Å²) in [7, 11) is 1.27. The van der Waals surface area contributed by atoms with Crippen LogP contribution in [0.25, 0.3) is 0 Å². The standard InChI is InChI=1S/C24H35IN2O7/c1-23(2,3)33-19(28)12-11-17(21(30)34-24(4,5)6)26-22(31)27-18(14-20(29)32-7)15-9-8-10-16(25)13-15/h8-10,13,17-18H,11-12,14H2,1-7H3,(H2,26,27,31). The average Bonchev–Trinajstić information content (AvgIpc) is 2.67. The Kier molecular flexibility index (Phi) is 11.3. The number of hydrogen-bond acceptors (Lipinski definition) is 7. The first kappa shape index (κ1) is 29.7. The maximum Gasteiger partial charge on any atom is 0.329 e. The molecule has 2 N–H and O–H groups in total. The number of hydrogen-bond donors (Lipinski definition) is 2. The monoisotopic (exact) mass is 590 g/mol. The summed E-state index contributed by atoms with van der Waals surface area (Å²) in [5.74, 6) is -1.67. The number of urea groups is 1. The highest BCUT2D eigenvalue weighted by Gasteiger charge is 2.29. The molecule has 1 aromatic carbocycles. The molecule has 9 nitrogen and oxygen atoms in total. The van der Waals surface area contributed by atoms with Crippen LogP contribution in [0.5, 0.6) is 0 Å². The van der Waals surface area contributed by atoms with Gasteiger partial charge in [0.25, 0.3) is 0 Å². The molecule has 0 fully saturated rings. The molecule has 0 spiro atoms. The van der Waals surface area contributed by atoms with E-state index in [1.807, 2.05) is 18.2 Å². The predicted molar refractivity (Wildman–Crippen MR) is 135 cm³/mol. The largest absolute Gasteiger partial charge is 0.469 e. The Morgan fingerprint density at radius 3 is 2.09 bits per heavy atom. The van der Waals surface area contributed by atoms with Crippen LogP contribution in [0, 0.1) is 3.57 Å². The van der Waals surface area contributed by atoms with Crippen LogP contribution in [-0.2, 0) is 28.6 Å². The van der Waals surface area contributed by atoms with E-state index < -0.39 is 47.2 Å². The van der Waals surface area contributed by atoms with Crippen LogP contribution in [0.1, 0.15) is 72.4 Å². The van der Waals surface area contributed by atoms with Gasteiger partial charge in [0.2, 0.25) is 0 Å². The molecule has 2 amide bonds. The molecule has 190 valence electrons. The Bertz CT molecular complexity index is 875. The molecule has 0 saturated heterocycles. The van der Waals surface area contributed by atoms with E-state index in [9.17, 15) is 19.2 Å².